The SMILES string of the molecule is CC(Br)C(=O)c1ccc2c(c1)CCCS2. The molecule has 0 aromatic heterocycles. The van der Waals surface area contributed by atoms with E-state index in [1.165, 1.54) is 22.6 Å². The Kier molecular flexibility index (Phi) is 3.52. The number of ketones is 1. The molecular formula is C12H13BrOS. The summed E-state index contributed by atoms with van der Waals surface area (Å²) in [4.78, 5) is 13.0. The summed E-state index contributed by atoms with van der Waals surface area (Å²) in [6.07, 6.45) is 2.33. The molecule has 1 aliphatic heterocycles. The van der Waals surface area contributed by atoms with Gasteiger partial charge in [-0.2, -0.15) is 0 Å². The van der Waals surface area contributed by atoms with Crippen molar-refractivity contribution >= 4 is 33.5 Å². The first kappa shape index (κ1) is 11.2. The van der Waals surface area contributed by atoms with Gasteiger partial charge in [0.1, 0.15) is 0 Å². The summed E-state index contributed by atoms with van der Waals surface area (Å²) in [5.41, 5.74) is 2.17. The highest BCUT2D eigenvalue weighted by Crippen LogP contribution is 2.30. The van der Waals surface area contributed by atoms with E-state index in [1.54, 1.807) is 0 Å². The third-order valence-corrected chi connectivity index (χ3v) is 4.17. The van der Waals surface area contributed by atoms with Gasteiger partial charge in [0.05, 0.1) is 4.83 Å². The minimum absolute atomic E-state index is 0.0909. The first-order chi connectivity index (χ1) is 7.18. The zero-order valence-electron chi connectivity index (χ0n) is 8.63. The van der Waals surface area contributed by atoms with Gasteiger partial charge in [0.25, 0.3) is 0 Å². The van der Waals surface area contributed by atoms with E-state index in [2.05, 4.69) is 28.1 Å². The quantitative estimate of drug-likeness (QED) is 0.609. The second-order valence-electron chi connectivity index (χ2n) is 3.75. The number of benzene rings is 1. The van der Waals surface area contributed by atoms with Gasteiger partial charge in [0.2, 0.25) is 0 Å². The zero-order valence-corrected chi connectivity index (χ0v) is 11.0. The first-order valence-corrected chi connectivity index (χ1v) is 7.02. The Bertz CT molecular complexity index is 387. The Balaban J connectivity index is 2.32. The van der Waals surface area contributed by atoms with Gasteiger partial charge in [-0.05, 0) is 43.2 Å². The van der Waals surface area contributed by atoms with Crippen LogP contribution >= 0.6 is 27.7 Å². The van der Waals surface area contributed by atoms with Crippen LogP contribution in [-0.2, 0) is 6.42 Å². The van der Waals surface area contributed by atoms with Crippen molar-refractivity contribution in [2.45, 2.75) is 29.5 Å². The van der Waals surface area contributed by atoms with Gasteiger partial charge in [-0.15, -0.1) is 11.8 Å². The van der Waals surface area contributed by atoms with Crippen molar-refractivity contribution in [2.24, 2.45) is 0 Å². The van der Waals surface area contributed by atoms with E-state index in [-0.39, 0.29) is 10.6 Å². The fourth-order valence-electron chi connectivity index (χ4n) is 1.74. The normalized spacial score (nSPS) is 16.9. The average molecular weight is 285 g/mol. The van der Waals surface area contributed by atoms with E-state index >= 15 is 0 Å². The van der Waals surface area contributed by atoms with Crippen LogP contribution in [0, 0.1) is 0 Å². The van der Waals surface area contributed by atoms with E-state index in [0.29, 0.717) is 0 Å². The highest BCUT2D eigenvalue weighted by atomic mass is 79.9. The van der Waals surface area contributed by atoms with Crippen LogP contribution in [-0.4, -0.2) is 16.4 Å². The number of hydrogen-bond acceptors (Lipinski definition) is 2. The standard InChI is InChI=1S/C12H13BrOS/c1-8(13)12(14)10-4-5-11-9(7-10)3-2-6-15-11/h4-5,7-8H,2-3,6H2,1H3. The Labute approximate surface area is 103 Å². The van der Waals surface area contributed by atoms with Crippen molar-refractivity contribution in [3.05, 3.63) is 29.3 Å². The molecule has 80 valence electrons. The Hall–Kier alpha value is -0.280. The smallest absolute Gasteiger partial charge is 0.176 e. The molecule has 3 heteroatoms. The fraction of sp³-hybridized carbons (Fsp3) is 0.417. The van der Waals surface area contributed by atoms with Crippen LogP contribution in [0.3, 0.4) is 0 Å². The number of hydrogen-bond donors (Lipinski definition) is 0. The van der Waals surface area contributed by atoms with Crippen molar-refractivity contribution in [1.82, 2.24) is 0 Å². The average Bonchev–Trinajstić information content (AvgIpc) is 2.27. The summed E-state index contributed by atoms with van der Waals surface area (Å²) in [6.45, 7) is 1.87. The second kappa shape index (κ2) is 4.71. The molecule has 1 atom stereocenters. The minimum atomic E-state index is -0.0909. The fourth-order valence-corrected chi connectivity index (χ4v) is 3.03. The molecule has 1 aromatic rings. The molecule has 1 heterocycles. The van der Waals surface area contributed by atoms with Gasteiger partial charge in [-0.1, -0.05) is 22.0 Å². The van der Waals surface area contributed by atoms with Gasteiger partial charge >= 0.3 is 0 Å². The van der Waals surface area contributed by atoms with Gasteiger partial charge in [0, 0.05) is 10.5 Å². The van der Waals surface area contributed by atoms with Gasteiger partial charge < -0.3 is 0 Å². The Morgan fingerprint density at radius 1 is 1.53 bits per heavy atom. The predicted octanol–water partition coefficient (Wildman–Crippen LogP) is 3.69. The number of carbonyl (C=O) groups is 1. The van der Waals surface area contributed by atoms with E-state index in [0.717, 1.165) is 12.0 Å². The molecule has 15 heavy (non-hydrogen) atoms. The van der Waals surface area contributed by atoms with Gasteiger partial charge in [0.15, 0.2) is 5.78 Å². The topological polar surface area (TPSA) is 17.1 Å². The number of Topliss-reactive ketones (excluding diaryl/α,β-unsaturated/α-hetero) is 1. The van der Waals surface area contributed by atoms with Crippen molar-refractivity contribution in [2.75, 3.05) is 5.75 Å². The molecule has 0 radical (unpaired) electrons. The second-order valence-corrected chi connectivity index (χ2v) is 6.27. The highest BCUT2D eigenvalue weighted by Gasteiger charge is 2.15. The molecule has 1 unspecified atom stereocenters. The molecule has 0 saturated carbocycles. The number of thioether (sulfide) groups is 1. The van der Waals surface area contributed by atoms with E-state index in [4.69, 9.17) is 0 Å². The summed E-state index contributed by atoms with van der Waals surface area (Å²) in [7, 11) is 0. The van der Waals surface area contributed by atoms with Crippen molar-refractivity contribution in [1.29, 1.82) is 0 Å². The lowest BCUT2D eigenvalue weighted by molar-refractivity contribution is 0.0995. The van der Waals surface area contributed by atoms with Crippen LogP contribution in [0.4, 0.5) is 0 Å². The lowest BCUT2D eigenvalue weighted by Crippen LogP contribution is -2.11. The summed E-state index contributed by atoms with van der Waals surface area (Å²) in [5.74, 6) is 1.38. The monoisotopic (exact) mass is 284 g/mol. The van der Waals surface area contributed by atoms with Crippen LogP contribution < -0.4 is 0 Å². The summed E-state index contributed by atoms with van der Waals surface area (Å²) >= 11 is 5.21. The molecular weight excluding hydrogens is 272 g/mol. The molecule has 0 bridgehead atoms. The third-order valence-electron chi connectivity index (χ3n) is 2.55. The van der Waals surface area contributed by atoms with Crippen molar-refractivity contribution in [3.8, 4) is 0 Å². The summed E-state index contributed by atoms with van der Waals surface area (Å²) in [5, 5.41) is 0. The Morgan fingerprint density at radius 2 is 2.33 bits per heavy atom. The number of alkyl halides is 1. The first-order valence-electron chi connectivity index (χ1n) is 5.12. The van der Waals surface area contributed by atoms with Crippen LogP contribution in [0.15, 0.2) is 23.1 Å². The largest absolute Gasteiger partial charge is 0.293 e. The number of aryl methyl sites for hydroxylation is 1. The van der Waals surface area contributed by atoms with E-state index in [9.17, 15) is 4.79 Å². The molecule has 0 aliphatic carbocycles. The van der Waals surface area contributed by atoms with E-state index in [1.807, 2.05) is 24.8 Å². The lowest BCUT2D eigenvalue weighted by atomic mass is 10.0. The maximum atomic E-state index is 11.8. The van der Waals surface area contributed by atoms with Crippen molar-refractivity contribution < 1.29 is 4.79 Å². The molecule has 1 nitrogen and oxygen atoms in total. The van der Waals surface area contributed by atoms with Gasteiger partial charge in [-0.25, -0.2) is 0 Å². The van der Waals surface area contributed by atoms with Crippen molar-refractivity contribution in [3.63, 3.8) is 0 Å². The molecule has 0 spiro atoms. The Morgan fingerprint density at radius 3 is 3.07 bits per heavy atom. The molecule has 0 amide bonds. The number of carbonyl (C=O) groups excluding carboxylic acids is 1. The molecule has 0 saturated heterocycles. The summed E-state index contributed by atoms with van der Waals surface area (Å²) in [6, 6.07) is 6.08. The maximum Gasteiger partial charge on any atom is 0.176 e. The zero-order chi connectivity index (χ0) is 10.8. The number of fused-ring (bicyclic) bond motifs is 1. The van der Waals surface area contributed by atoms with Crippen LogP contribution in [0.25, 0.3) is 0 Å². The number of rotatable bonds is 2. The van der Waals surface area contributed by atoms with Crippen LogP contribution in [0.1, 0.15) is 29.3 Å². The third kappa shape index (κ3) is 2.45. The molecule has 1 aromatic carbocycles. The van der Waals surface area contributed by atoms with Gasteiger partial charge in [-0.3, -0.25) is 4.79 Å². The predicted molar refractivity (Wildman–Crippen MR) is 68.2 cm³/mol. The molecule has 2 rings (SSSR count). The molecule has 0 fully saturated rings. The highest BCUT2D eigenvalue weighted by molar-refractivity contribution is 9.10. The minimum Gasteiger partial charge on any atom is -0.293 e. The summed E-state index contributed by atoms with van der Waals surface area (Å²) < 4.78 is 0. The number of halogens is 1. The van der Waals surface area contributed by atoms with Crippen LogP contribution in [0.2, 0.25) is 0 Å². The lowest BCUT2D eigenvalue weighted by Gasteiger charge is -2.16. The van der Waals surface area contributed by atoms with E-state index < -0.39 is 0 Å². The molecule has 0 N–H and O–H groups in total. The maximum absolute atomic E-state index is 11.8. The molecule has 1 aliphatic rings. The van der Waals surface area contributed by atoms with Crippen LogP contribution in [0.5, 0.6) is 0 Å².